The summed E-state index contributed by atoms with van der Waals surface area (Å²) in [6, 6.07) is 1.37. The van der Waals surface area contributed by atoms with Gasteiger partial charge < -0.3 is 15.7 Å². The van der Waals surface area contributed by atoms with E-state index in [-0.39, 0.29) is 11.7 Å². The maximum Gasteiger partial charge on any atom is 0.319 e. The van der Waals surface area contributed by atoms with Gasteiger partial charge in [-0.15, -0.1) is 0 Å². The number of rotatable bonds is 2. The molecule has 0 saturated heterocycles. The molecule has 1 aromatic carbocycles. The first kappa shape index (κ1) is 13.6. The number of anilines is 1. The Balaban J connectivity index is 1.94. The number of aromatic hydroxyl groups is 1. The Morgan fingerprint density at radius 2 is 1.74 bits per heavy atom. The summed E-state index contributed by atoms with van der Waals surface area (Å²) in [7, 11) is 0. The summed E-state index contributed by atoms with van der Waals surface area (Å²) in [5.41, 5.74) is -0.0268. The third kappa shape index (κ3) is 3.56. The van der Waals surface area contributed by atoms with E-state index in [2.05, 4.69) is 10.6 Å². The lowest BCUT2D eigenvalue weighted by atomic mass is 9.96. The highest BCUT2D eigenvalue weighted by molar-refractivity contribution is 5.89. The van der Waals surface area contributed by atoms with Crippen LogP contribution in [-0.4, -0.2) is 17.2 Å². The number of urea groups is 1. The van der Waals surface area contributed by atoms with Crippen LogP contribution < -0.4 is 10.6 Å². The second kappa shape index (κ2) is 5.86. The molecule has 0 bridgehead atoms. The Morgan fingerprint density at radius 1 is 1.16 bits per heavy atom. The zero-order chi connectivity index (χ0) is 13.8. The van der Waals surface area contributed by atoms with Gasteiger partial charge in [-0.2, -0.15) is 0 Å². The van der Waals surface area contributed by atoms with E-state index in [1.54, 1.807) is 0 Å². The van der Waals surface area contributed by atoms with Gasteiger partial charge in [0.2, 0.25) is 0 Å². The lowest BCUT2D eigenvalue weighted by Gasteiger charge is -2.22. The quantitative estimate of drug-likeness (QED) is 0.723. The van der Waals surface area contributed by atoms with E-state index in [0.717, 1.165) is 37.8 Å². The molecule has 1 aromatic rings. The summed E-state index contributed by atoms with van der Waals surface area (Å²) in [5, 5.41) is 14.1. The Bertz CT molecular complexity index is 451. The average molecular weight is 270 g/mol. The first-order chi connectivity index (χ1) is 9.06. The van der Waals surface area contributed by atoms with Gasteiger partial charge in [-0.05, 0) is 12.8 Å². The van der Waals surface area contributed by atoms with Crippen molar-refractivity contribution in [3.63, 3.8) is 0 Å². The van der Waals surface area contributed by atoms with Gasteiger partial charge in [-0.3, -0.25) is 0 Å². The highest BCUT2D eigenvalue weighted by Crippen LogP contribution is 2.24. The summed E-state index contributed by atoms with van der Waals surface area (Å²) >= 11 is 0. The van der Waals surface area contributed by atoms with E-state index in [1.165, 1.54) is 6.42 Å². The highest BCUT2D eigenvalue weighted by atomic mass is 19.1. The Kier molecular flexibility index (Phi) is 4.19. The van der Waals surface area contributed by atoms with Gasteiger partial charge in [0.15, 0.2) is 17.4 Å². The molecule has 0 aliphatic heterocycles. The lowest BCUT2D eigenvalue weighted by molar-refractivity contribution is 0.244. The minimum absolute atomic E-state index is 0.0268. The normalized spacial score (nSPS) is 16.1. The van der Waals surface area contributed by atoms with Crippen molar-refractivity contribution < 1.29 is 18.7 Å². The molecule has 1 saturated carbocycles. The number of hydrogen-bond donors (Lipinski definition) is 3. The predicted octanol–water partition coefficient (Wildman–Crippen LogP) is 3.12. The third-order valence-electron chi connectivity index (χ3n) is 3.22. The van der Waals surface area contributed by atoms with E-state index >= 15 is 0 Å². The second-order valence-corrected chi connectivity index (χ2v) is 4.72. The molecule has 1 aliphatic carbocycles. The molecule has 1 aliphatic rings. The minimum Gasteiger partial charge on any atom is -0.503 e. The molecule has 6 heteroatoms. The monoisotopic (exact) mass is 270 g/mol. The zero-order valence-electron chi connectivity index (χ0n) is 10.4. The summed E-state index contributed by atoms with van der Waals surface area (Å²) in [4.78, 5) is 11.7. The van der Waals surface area contributed by atoms with Crippen LogP contribution in [0.25, 0.3) is 0 Å². The van der Waals surface area contributed by atoms with Gasteiger partial charge in [-0.25, -0.2) is 13.6 Å². The number of carbonyl (C=O) groups excluding carboxylic acids is 1. The van der Waals surface area contributed by atoms with Crippen molar-refractivity contribution in [3.8, 4) is 5.75 Å². The summed E-state index contributed by atoms with van der Waals surface area (Å²) in [6.07, 6.45) is 5.17. The molecule has 0 atom stereocenters. The van der Waals surface area contributed by atoms with Crippen molar-refractivity contribution in [2.45, 2.75) is 38.1 Å². The van der Waals surface area contributed by atoms with Crippen molar-refractivity contribution >= 4 is 11.7 Å². The lowest BCUT2D eigenvalue weighted by Crippen LogP contribution is -2.39. The van der Waals surface area contributed by atoms with Crippen LogP contribution in [0.4, 0.5) is 19.3 Å². The van der Waals surface area contributed by atoms with Crippen LogP contribution in [0, 0.1) is 11.6 Å². The van der Waals surface area contributed by atoms with Gasteiger partial charge in [0, 0.05) is 23.9 Å². The fraction of sp³-hybridized carbons (Fsp3) is 0.462. The molecule has 0 unspecified atom stereocenters. The zero-order valence-corrected chi connectivity index (χ0v) is 10.4. The van der Waals surface area contributed by atoms with Crippen LogP contribution in [0.2, 0.25) is 0 Å². The third-order valence-corrected chi connectivity index (χ3v) is 3.22. The topological polar surface area (TPSA) is 61.4 Å². The Labute approximate surface area is 109 Å². The number of benzene rings is 1. The molecule has 0 aromatic heterocycles. The van der Waals surface area contributed by atoms with Gasteiger partial charge in [0.05, 0.1) is 0 Å². The highest BCUT2D eigenvalue weighted by Gasteiger charge is 2.16. The second-order valence-electron chi connectivity index (χ2n) is 4.72. The molecular formula is C13H16F2N2O2. The van der Waals surface area contributed by atoms with Crippen molar-refractivity contribution in [3.05, 3.63) is 23.8 Å². The average Bonchev–Trinajstić information content (AvgIpc) is 2.37. The van der Waals surface area contributed by atoms with Crippen LogP contribution in [0.3, 0.4) is 0 Å². The van der Waals surface area contributed by atoms with Crippen molar-refractivity contribution in [2.24, 2.45) is 0 Å². The maximum atomic E-state index is 13.1. The van der Waals surface area contributed by atoms with Crippen LogP contribution in [-0.2, 0) is 0 Å². The Morgan fingerprint density at radius 3 is 2.32 bits per heavy atom. The fourth-order valence-corrected chi connectivity index (χ4v) is 2.24. The molecule has 0 heterocycles. The van der Waals surface area contributed by atoms with Crippen LogP contribution in [0.1, 0.15) is 32.1 Å². The smallest absolute Gasteiger partial charge is 0.319 e. The molecule has 0 radical (unpaired) electrons. The number of phenols is 1. The van der Waals surface area contributed by atoms with E-state index in [0.29, 0.717) is 0 Å². The standard InChI is InChI=1S/C13H16F2N2O2/c14-10-6-9(7-11(15)12(10)18)17-13(19)16-8-4-2-1-3-5-8/h6-8,18H,1-5H2,(H2,16,17,19). The predicted molar refractivity (Wildman–Crippen MR) is 67.1 cm³/mol. The number of amides is 2. The largest absolute Gasteiger partial charge is 0.503 e. The van der Waals surface area contributed by atoms with Crippen molar-refractivity contribution in [2.75, 3.05) is 5.32 Å². The molecule has 2 amide bonds. The van der Waals surface area contributed by atoms with E-state index < -0.39 is 23.4 Å². The van der Waals surface area contributed by atoms with Crippen LogP contribution in [0.5, 0.6) is 5.75 Å². The van der Waals surface area contributed by atoms with Crippen LogP contribution in [0.15, 0.2) is 12.1 Å². The SMILES string of the molecule is O=C(Nc1cc(F)c(O)c(F)c1)NC1CCCCC1. The summed E-state index contributed by atoms with van der Waals surface area (Å²) in [5.74, 6) is -3.25. The van der Waals surface area contributed by atoms with Crippen molar-refractivity contribution in [1.82, 2.24) is 5.32 Å². The minimum atomic E-state index is -1.10. The van der Waals surface area contributed by atoms with Gasteiger partial charge in [0.1, 0.15) is 0 Å². The van der Waals surface area contributed by atoms with E-state index in [4.69, 9.17) is 5.11 Å². The number of phenolic OH excluding ortho intramolecular Hbond substituents is 1. The Hall–Kier alpha value is -1.85. The maximum absolute atomic E-state index is 13.1. The number of nitrogens with one attached hydrogen (secondary N) is 2. The molecule has 0 spiro atoms. The van der Waals surface area contributed by atoms with E-state index in [1.807, 2.05) is 0 Å². The fourth-order valence-electron chi connectivity index (χ4n) is 2.24. The van der Waals surface area contributed by atoms with Gasteiger partial charge >= 0.3 is 6.03 Å². The molecule has 19 heavy (non-hydrogen) atoms. The van der Waals surface area contributed by atoms with Crippen LogP contribution >= 0.6 is 0 Å². The van der Waals surface area contributed by atoms with E-state index in [9.17, 15) is 13.6 Å². The molecule has 3 N–H and O–H groups in total. The van der Waals surface area contributed by atoms with Gasteiger partial charge in [0.25, 0.3) is 0 Å². The molecule has 1 fully saturated rings. The molecule has 104 valence electrons. The molecular weight excluding hydrogens is 254 g/mol. The first-order valence-corrected chi connectivity index (χ1v) is 6.32. The van der Waals surface area contributed by atoms with Crippen molar-refractivity contribution in [1.29, 1.82) is 0 Å². The number of hydrogen-bond acceptors (Lipinski definition) is 2. The van der Waals surface area contributed by atoms with Gasteiger partial charge in [-0.1, -0.05) is 19.3 Å². The number of halogens is 2. The number of carbonyl (C=O) groups is 1. The summed E-state index contributed by atoms with van der Waals surface area (Å²) < 4.78 is 26.2. The molecule has 2 rings (SSSR count). The molecule has 4 nitrogen and oxygen atoms in total. The summed E-state index contributed by atoms with van der Waals surface area (Å²) in [6.45, 7) is 0. The first-order valence-electron chi connectivity index (χ1n) is 6.32.